The normalized spacial score (nSPS) is 23.7. The first-order chi connectivity index (χ1) is 14.4. The molecule has 0 spiro atoms. The maximum absolute atomic E-state index is 13.4. The topological polar surface area (TPSA) is 83.5 Å². The van der Waals surface area contributed by atoms with E-state index in [-0.39, 0.29) is 5.92 Å². The van der Waals surface area contributed by atoms with E-state index in [9.17, 15) is 13.2 Å². The lowest BCUT2D eigenvalue weighted by Gasteiger charge is -2.22. The van der Waals surface area contributed by atoms with Crippen LogP contribution in [-0.4, -0.2) is 43.7 Å². The monoisotopic (exact) mass is 415 g/mol. The summed E-state index contributed by atoms with van der Waals surface area (Å²) in [5.74, 6) is 1.61. The number of alkyl halides is 3. The molecule has 10 heteroatoms. The van der Waals surface area contributed by atoms with E-state index in [1.807, 2.05) is 6.92 Å². The van der Waals surface area contributed by atoms with Crippen molar-refractivity contribution in [1.29, 1.82) is 0 Å². The molecule has 30 heavy (non-hydrogen) atoms. The number of aromatic amines is 1. The third-order valence-electron chi connectivity index (χ3n) is 6.16. The van der Waals surface area contributed by atoms with Gasteiger partial charge >= 0.3 is 6.18 Å². The molecule has 3 atom stereocenters. The van der Waals surface area contributed by atoms with Crippen LogP contribution < -0.4 is 4.90 Å². The van der Waals surface area contributed by atoms with Crippen molar-refractivity contribution in [3.8, 4) is 11.5 Å². The number of H-pyrrole nitrogens is 1. The molecule has 1 unspecified atom stereocenters. The fourth-order valence-corrected chi connectivity index (χ4v) is 4.91. The lowest BCUT2D eigenvalue weighted by atomic mass is 9.91. The summed E-state index contributed by atoms with van der Waals surface area (Å²) in [4.78, 5) is 11.3. The lowest BCUT2D eigenvalue weighted by molar-refractivity contribution is -0.138. The van der Waals surface area contributed by atoms with E-state index < -0.39 is 11.7 Å². The zero-order chi connectivity index (χ0) is 20.9. The number of fused-ring (bicyclic) bond motifs is 1. The summed E-state index contributed by atoms with van der Waals surface area (Å²) in [6, 6.07) is 7.78. The first kappa shape index (κ1) is 19.0. The number of aromatic nitrogens is 6. The van der Waals surface area contributed by atoms with Gasteiger partial charge in [0.25, 0.3) is 0 Å². The molecule has 1 aromatic carbocycles. The number of nitrogens with one attached hydrogen (secondary N) is 1. The Morgan fingerprint density at radius 3 is 2.47 bits per heavy atom. The number of hydrogen-bond donors (Lipinski definition) is 1. The second kappa shape index (κ2) is 7.03. The van der Waals surface area contributed by atoms with Crippen LogP contribution in [0.15, 0.2) is 30.3 Å². The molecular formula is C20H20F3N7. The largest absolute Gasteiger partial charge is 0.416 e. The first-order valence-electron chi connectivity index (χ1n) is 9.89. The number of rotatable bonds is 3. The summed E-state index contributed by atoms with van der Waals surface area (Å²) in [7, 11) is 0. The predicted octanol–water partition coefficient (Wildman–Crippen LogP) is 3.61. The molecule has 1 aliphatic heterocycles. The zero-order valence-corrected chi connectivity index (χ0v) is 16.3. The van der Waals surface area contributed by atoms with Gasteiger partial charge in [-0.2, -0.15) is 18.4 Å². The molecule has 1 aliphatic carbocycles. The number of anilines is 1. The van der Waals surface area contributed by atoms with Gasteiger partial charge in [0, 0.05) is 18.8 Å². The highest BCUT2D eigenvalue weighted by Gasteiger charge is 2.44. The van der Waals surface area contributed by atoms with Crippen LogP contribution >= 0.6 is 0 Å². The van der Waals surface area contributed by atoms with Gasteiger partial charge in [0.15, 0.2) is 0 Å². The van der Waals surface area contributed by atoms with E-state index >= 15 is 0 Å². The Bertz CT molecular complexity index is 1040. The molecule has 3 heterocycles. The first-order valence-corrected chi connectivity index (χ1v) is 9.89. The minimum Gasteiger partial charge on any atom is -0.340 e. The van der Waals surface area contributed by atoms with Crippen molar-refractivity contribution in [3.05, 3.63) is 47.2 Å². The van der Waals surface area contributed by atoms with Crippen molar-refractivity contribution in [3.63, 3.8) is 0 Å². The van der Waals surface area contributed by atoms with Crippen LogP contribution in [0.5, 0.6) is 0 Å². The van der Waals surface area contributed by atoms with E-state index in [1.54, 1.807) is 18.2 Å². The van der Waals surface area contributed by atoms with E-state index in [4.69, 9.17) is 0 Å². The highest BCUT2D eigenvalue weighted by Crippen LogP contribution is 2.49. The summed E-state index contributed by atoms with van der Waals surface area (Å²) < 4.78 is 40.3. The summed E-state index contributed by atoms with van der Waals surface area (Å²) in [5, 5.41) is 13.9. The summed E-state index contributed by atoms with van der Waals surface area (Å²) in [6.45, 7) is 3.37. The van der Waals surface area contributed by atoms with E-state index in [2.05, 4.69) is 35.5 Å². The number of tetrazole rings is 1. The molecule has 5 rings (SSSR count). The van der Waals surface area contributed by atoms with Crippen molar-refractivity contribution >= 4 is 5.95 Å². The number of nitrogens with zero attached hydrogens (tertiary/aromatic N) is 6. The second-order valence-corrected chi connectivity index (χ2v) is 8.11. The van der Waals surface area contributed by atoms with Gasteiger partial charge in [0.2, 0.25) is 11.8 Å². The lowest BCUT2D eigenvalue weighted by Crippen LogP contribution is -2.24. The van der Waals surface area contributed by atoms with E-state index in [0.29, 0.717) is 34.9 Å². The van der Waals surface area contributed by atoms with E-state index in [0.717, 1.165) is 31.6 Å². The Balaban J connectivity index is 1.34. The average Bonchev–Trinajstić information content (AvgIpc) is 3.43. The van der Waals surface area contributed by atoms with Crippen molar-refractivity contribution in [2.24, 2.45) is 11.8 Å². The van der Waals surface area contributed by atoms with Crippen molar-refractivity contribution < 1.29 is 13.2 Å². The SMILES string of the molecule is Cc1cc(-c2nn[nH]n2)nc(N2C[C@H]3CC(c4ccccc4C(F)(F)F)C[C@H]3C2)n1. The highest BCUT2D eigenvalue weighted by molar-refractivity contribution is 5.52. The molecule has 2 aliphatic rings. The molecule has 1 saturated heterocycles. The Labute approximate surface area is 170 Å². The average molecular weight is 415 g/mol. The number of halogens is 3. The Morgan fingerprint density at radius 2 is 1.80 bits per heavy atom. The Morgan fingerprint density at radius 1 is 1.07 bits per heavy atom. The van der Waals surface area contributed by atoms with Gasteiger partial charge in [-0.15, -0.1) is 10.2 Å². The fraction of sp³-hybridized carbons (Fsp3) is 0.450. The van der Waals surface area contributed by atoms with Gasteiger partial charge in [0.05, 0.1) is 5.56 Å². The second-order valence-electron chi connectivity index (χ2n) is 8.11. The molecule has 1 N–H and O–H groups in total. The minimum atomic E-state index is -4.32. The summed E-state index contributed by atoms with van der Waals surface area (Å²) in [6.07, 6.45) is -2.82. The van der Waals surface area contributed by atoms with Crippen LogP contribution in [-0.2, 0) is 6.18 Å². The van der Waals surface area contributed by atoms with Gasteiger partial charge in [-0.1, -0.05) is 18.2 Å². The molecule has 156 valence electrons. The maximum Gasteiger partial charge on any atom is 0.416 e. The Kier molecular flexibility index (Phi) is 4.44. The number of aryl methyl sites for hydroxylation is 1. The molecule has 0 radical (unpaired) electrons. The quantitative estimate of drug-likeness (QED) is 0.704. The van der Waals surface area contributed by atoms with Crippen LogP contribution in [0, 0.1) is 18.8 Å². The molecule has 7 nitrogen and oxygen atoms in total. The van der Waals surface area contributed by atoms with Gasteiger partial charge < -0.3 is 4.90 Å². The summed E-state index contributed by atoms with van der Waals surface area (Å²) in [5.41, 5.74) is 1.32. The maximum atomic E-state index is 13.4. The molecule has 1 saturated carbocycles. The standard InChI is InChI=1S/C20H20F3N7/c1-11-6-17(18-26-28-29-27-18)25-19(24-11)30-9-13-7-12(8-14(13)10-30)15-4-2-3-5-16(15)20(21,22)23/h2-6,12-14H,7-10H2,1H3,(H,26,27,28,29)/t12?,13-,14+. The van der Waals surface area contributed by atoms with Crippen LogP contribution in [0.25, 0.3) is 11.5 Å². The molecule has 0 bridgehead atoms. The highest BCUT2D eigenvalue weighted by atomic mass is 19.4. The van der Waals surface area contributed by atoms with E-state index in [1.165, 1.54) is 12.1 Å². The summed E-state index contributed by atoms with van der Waals surface area (Å²) >= 11 is 0. The number of hydrogen-bond acceptors (Lipinski definition) is 6. The van der Waals surface area contributed by atoms with Crippen molar-refractivity contribution in [2.45, 2.75) is 31.9 Å². The van der Waals surface area contributed by atoms with Gasteiger partial charge in [-0.25, -0.2) is 9.97 Å². The molecule has 3 aromatic rings. The van der Waals surface area contributed by atoms with Crippen LogP contribution in [0.1, 0.15) is 35.6 Å². The van der Waals surface area contributed by atoms with Crippen LogP contribution in [0.4, 0.5) is 19.1 Å². The number of benzene rings is 1. The molecular weight excluding hydrogens is 395 g/mol. The zero-order valence-electron chi connectivity index (χ0n) is 16.3. The van der Waals surface area contributed by atoms with Crippen LogP contribution in [0.2, 0.25) is 0 Å². The van der Waals surface area contributed by atoms with Gasteiger partial charge in [-0.3, -0.25) is 0 Å². The fourth-order valence-electron chi connectivity index (χ4n) is 4.91. The van der Waals surface area contributed by atoms with Crippen molar-refractivity contribution in [1.82, 2.24) is 30.6 Å². The smallest absolute Gasteiger partial charge is 0.340 e. The van der Waals surface area contributed by atoms with Gasteiger partial charge in [0.1, 0.15) is 5.69 Å². The van der Waals surface area contributed by atoms with Gasteiger partial charge in [-0.05, 0) is 60.4 Å². The molecule has 2 fully saturated rings. The molecule has 2 aromatic heterocycles. The van der Waals surface area contributed by atoms with Crippen LogP contribution in [0.3, 0.4) is 0 Å². The third kappa shape index (κ3) is 3.40. The minimum absolute atomic E-state index is 0.0618. The predicted molar refractivity (Wildman–Crippen MR) is 103 cm³/mol. The molecule has 0 amide bonds. The van der Waals surface area contributed by atoms with Crippen molar-refractivity contribution in [2.75, 3.05) is 18.0 Å². The third-order valence-corrected chi connectivity index (χ3v) is 6.16. The Hall–Kier alpha value is -3.04.